The highest BCUT2D eigenvalue weighted by Gasteiger charge is 2.19. The third-order valence-corrected chi connectivity index (χ3v) is 3.81. The number of nitrogens with zero attached hydrogens (tertiary/aromatic N) is 2. The Bertz CT molecular complexity index is 384. The average molecular weight is 291 g/mol. The fourth-order valence-corrected chi connectivity index (χ4v) is 2.80. The van der Waals surface area contributed by atoms with Gasteiger partial charge in [-0.15, -0.1) is 22.9 Å². The van der Waals surface area contributed by atoms with Crippen LogP contribution in [0.1, 0.15) is 24.5 Å². The van der Waals surface area contributed by atoms with E-state index < -0.39 is 0 Å². The smallest absolute Gasteiger partial charge is 0.229 e. The van der Waals surface area contributed by atoms with Crippen molar-refractivity contribution in [1.29, 1.82) is 0 Å². The van der Waals surface area contributed by atoms with Crippen molar-refractivity contribution in [2.24, 2.45) is 0 Å². The van der Waals surface area contributed by atoms with Gasteiger partial charge in [-0.3, -0.25) is 4.79 Å². The molecule has 1 rings (SSSR count). The summed E-state index contributed by atoms with van der Waals surface area (Å²) in [6.45, 7) is 5.18. The Labute approximate surface area is 117 Å². The molecule has 102 valence electrons. The Morgan fingerprint density at radius 2 is 2.39 bits per heavy atom. The lowest BCUT2D eigenvalue weighted by Crippen LogP contribution is -2.41. The minimum atomic E-state index is 0.0810. The minimum absolute atomic E-state index is 0.0810. The van der Waals surface area contributed by atoms with Crippen molar-refractivity contribution >= 4 is 28.8 Å². The van der Waals surface area contributed by atoms with Crippen LogP contribution >= 0.6 is 22.9 Å². The lowest BCUT2D eigenvalue weighted by atomic mass is 10.2. The molecule has 0 N–H and O–H groups in total. The number of carbonyl (C=O) groups excluding carboxylic acids is 1. The Morgan fingerprint density at radius 3 is 2.89 bits per heavy atom. The monoisotopic (exact) mass is 290 g/mol. The third-order valence-electron chi connectivity index (χ3n) is 2.64. The lowest BCUT2D eigenvalue weighted by Gasteiger charge is -2.27. The van der Waals surface area contributed by atoms with Crippen molar-refractivity contribution in [2.75, 3.05) is 20.3 Å². The van der Waals surface area contributed by atoms with Crippen LogP contribution in [-0.2, 0) is 21.8 Å². The van der Waals surface area contributed by atoms with E-state index in [9.17, 15) is 4.79 Å². The van der Waals surface area contributed by atoms with Crippen LogP contribution in [-0.4, -0.2) is 42.1 Å². The number of aromatic nitrogens is 1. The summed E-state index contributed by atoms with van der Waals surface area (Å²) in [5.41, 5.74) is 0.831. The first-order valence-corrected chi connectivity index (χ1v) is 7.31. The van der Waals surface area contributed by atoms with Gasteiger partial charge >= 0.3 is 0 Å². The van der Waals surface area contributed by atoms with E-state index in [1.54, 1.807) is 7.11 Å². The van der Waals surface area contributed by atoms with Gasteiger partial charge in [0.15, 0.2) is 0 Å². The standard InChI is InChI=1S/C12H19ClN2O2S/c1-4-15(9(2)7-17-3)12(16)5-11-14-10(6-13)8-18-11/h8-9H,4-7H2,1-3H3. The molecule has 0 aliphatic heterocycles. The molecule has 0 fully saturated rings. The zero-order valence-corrected chi connectivity index (χ0v) is 12.6. The number of methoxy groups -OCH3 is 1. The van der Waals surface area contributed by atoms with Gasteiger partial charge in [0.05, 0.1) is 30.6 Å². The van der Waals surface area contributed by atoms with Gasteiger partial charge in [-0.2, -0.15) is 0 Å². The van der Waals surface area contributed by atoms with Crippen LogP contribution in [0, 0.1) is 0 Å². The Hall–Kier alpha value is -0.650. The summed E-state index contributed by atoms with van der Waals surface area (Å²) in [7, 11) is 1.64. The highest BCUT2D eigenvalue weighted by atomic mass is 35.5. The van der Waals surface area contributed by atoms with Gasteiger partial charge in [0, 0.05) is 19.0 Å². The molecule has 0 aromatic carbocycles. The quantitative estimate of drug-likeness (QED) is 0.724. The normalized spacial score (nSPS) is 12.4. The summed E-state index contributed by atoms with van der Waals surface area (Å²) in [6.07, 6.45) is 0.337. The summed E-state index contributed by atoms with van der Waals surface area (Å²) < 4.78 is 5.08. The van der Waals surface area contributed by atoms with Gasteiger partial charge in [-0.1, -0.05) is 0 Å². The number of ether oxygens (including phenoxy) is 1. The Balaban J connectivity index is 2.61. The summed E-state index contributed by atoms with van der Waals surface area (Å²) >= 11 is 7.17. The molecule has 1 amide bonds. The van der Waals surface area contributed by atoms with Gasteiger partial charge in [0.25, 0.3) is 0 Å². The van der Waals surface area contributed by atoms with E-state index in [-0.39, 0.29) is 11.9 Å². The molecule has 1 unspecified atom stereocenters. The maximum Gasteiger partial charge on any atom is 0.229 e. The van der Waals surface area contributed by atoms with Crippen LogP contribution in [0.3, 0.4) is 0 Å². The number of rotatable bonds is 7. The fraction of sp³-hybridized carbons (Fsp3) is 0.667. The number of amides is 1. The molecule has 0 spiro atoms. The molecule has 4 nitrogen and oxygen atoms in total. The van der Waals surface area contributed by atoms with Crippen LogP contribution in [0.5, 0.6) is 0 Å². The van der Waals surface area contributed by atoms with E-state index in [2.05, 4.69) is 4.98 Å². The largest absolute Gasteiger partial charge is 0.383 e. The van der Waals surface area contributed by atoms with Gasteiger partial charge in [-0.05, 0) is 13.8 Å². The summed E-state index contributed by atoms with van der Waals surface area (Å²) in [5.74, 6) is 0.472. The highest BCUT2D eigenvalue weighted by molar-refractivity contribution is 7.09. The van der Waals surface area contributed by atoms with Crippen molar-refractivity contribution in [3.05, 3.63) is 16.1 Å². The maximum atomic E-state index is 12.2. The zero-order valence-electron chi connectivity index (χ0n) is 11.0. The zero-order chi connectivity index (χ0) is 13.5. The van der Waals surface area contributed by atoms with E-state index in [1.165, 1.54) is 11.3 Å². The average Bonchev–Trinajstić information content (AvgIpc) is 2.78. The van der Waals surface area contributed by atoms with Crippen molar-refractivity contribution < 1.29 is 9.53 Å². The molecule has 0 aliphatic carbocycles. The molecule has 1 heterocycles. The molecule has 1 aromatic rings. The first-order chi connectivity index (χ1) is 8.62. The van der Waals surface area contributed by atoms with Crippen LogP contribution < -0.4 is 0 Å². The Morgan fingerprint density at radius 1 is 1.67 bits per heavy atom. The van der Waals surface area contributed by atoms with E-state index >= 15 is 0 Å². The number of halogens is 1. The molecule has 0 saturated heterocycles. The molecule has 1 aromatic heterocycles. The number of carbonyl (C=O) groups is 1. The first kappa shape index (κ1) is 15.4. The van der Waals surface area contributed by atoms with Crippen molar-refractivity contribution in [1.82, 2.24) is 9.88 Å². The molecule has 1 atom stereocenters. The van der Waals surface area contributed by atoms with E-state index in [0.29, 0.717) is 25.5 Å². The first-order valence-electron chi connectivity index (χ1n) is 5.90. The van der Waals surface area contributed by atoms with Crippen LogP contribution in [0.15, 0.2) is 5.38 Å². The highest BCUT2D eigenvalue weighted by Crippen LogP contribution is 2.14. The number of alkyl halides is 1. The van der Waals surface area contributed by atoms with Crippen LogP contribution in [0.25, 0.3) is 0 Å². The molecular formula is C12H19ClN2O2S. The van der Waals surface area contributed by atoms with Gasteiger partial charge < -0.3 is 9.64 Å². The predicted octanol–water partition coefficient (Wildman–Crippen LogP) is 2.31. The molecule has 6 heteroatoms. The van der Waals surface area contributed by atoms with Gasteiger partial charge in [0.1, 0.15) is 5.01 Å². The second kappa shape index (κ2) is 7.71. The van der Waals surface area contributed by atoms with Crippen molar-refractivity contribution in [3.63, 3.8) is 0 Å². The Kier molecular flexibility index (Phi) is 6.60. The molecular weight excluding hydrogens is 272 g/mol. The fourth-order valence-electron chi connectivity index (χ4n) is 1.79. The van der Waals surface area contributed by atoms with Gasteiger partial charge in [-0.25, -0.2) is 4.98 Å². The third kappa shape index (κ3) is 4.23. The minimum Gasteiger partial charge on any atom is -0.383 e. The topological polar surface area (TPSA) is 42.4 Å². The summed E-state index contributed by atoms with van der Waals surface area (Å²) in [6, 6.07) is 0.0833. The lowest BCUT2D eigenvalue weighted by molar-refractivity contribution is -0.133. The van der Waals surface area contributed by atoms with E-state index in [4.69, 9.17) is 16.3 Å². The molecule has 0 saturated carbocycles. The molecule has 18 heavy (non-hydrogen) atoms. The molecule has 0 aliphatic rings. The predicted molar refractivity (Wildman–Crippen MR) is 74.1 cm³/mol. The summed E-state index contributed by atoms with van der Waals surface area (Å²) in [4.78, 5) is 18.3. The van der Waals surface area contributed by atoms with E-state index in [0.717, 1.165) is 10.7 Å². The van der Waals surface area contributed by atoms with Crippen molar-refractivity contribution in [2.45, 2.75) is 32.2 Å². The second-order valence-corrected chi connectivity index (χ2v) is 5.24. The molecule has 0 bridgehead atoms. The second-order valence-electron chi connectivity index (χ2n) is 4.03. The SMILES string of the molecule is CCN(C(=O)Cc1nc(CCl)cs1)C(C)COC. The van der Waals surface area contributed by atoms with E-state index in [1.807, 2.05) is 24.1 Å². The van der Waals surface area contributed by atoms with Crippen LogP contribution in [0.2, 0.25) is 0 Å². The number of hydrogen-bond acceptors (Lipinski definition) is 4. The van der Waals surface area contributed by atoms with Gasteiger partial charge in [0.2, 0.25) is 5.91 Å². The van der Waals surface area contributed by atoms with Crippen LogP contribution in [0.4, 0.5) is 0 Å². The van der Waals surface area contributed by atoms with Crippen molar-refractivity contribution in [3.8, 4) is 0 Å². The molecule has 0 radical (unpaired) electrons. The number of thiazole rings is 1. The summed E-state index contributed by atoms with van der Waals surface area (Å²) in [5, 5.41) is 2.71. The maximum absolute atomic E-state index is 12.2. The number of hydrogen-bond donors (Lipinski definition) is 0. The number of likely N-dealkylation sites (N-methyl/N-ethyl adjacent to an activating group) is 1.